The van der Waals surface area contributed by atoms with Crippen LogP contribution in [0, 0.1) is 25.2 Å². The van der Waals surface area contributed by atoms with Crippen LogP contribution in [0.5, 0.6) is 0 Å². The first-order valence-corrected chi connectivity index (χ1v) is 11.0. The van der Waals surface area contributed by atoms with Gasteiger partial charge in [-0.15, -0.1) is 10.2 Å². The van der Waals surface area contributed by atoms with Gasteiger partial charge in [0.2, 0.25) is 5.91 Å². The number of aromatic nitrogens is 4. The van der Waals surface area contributed by atoms with Crippen molar-refractivity contribution >= 4 is 23.5 Å². The van der Waals surface area contributed by atoms with Crippen LogP contribution in [0.15, 0.2) is 28.0 Å². The zero-order chi connectivity index (χ0) is 21.3. The molecule has 3 aromatic rings. The molecule has 30 heavy (non-hydrogen) atoms. The predicted molar refractivity (Wildman–Crippen MR) is 114 cm³/mol. The highest BCUT2D eigenvalue weighted by molar-refractivity contribution is 7.99. The van der Waals surface area contributed by atoms with Crippen molar-refractivity contribution in [3.05, 3.63) is 35.2 Å². The van der Waals surface area contributed by atoms with Crippen LogP contribution in [0.4, 0.5) is 5.82 Å². The van der Waals surface area contributed by atoms with E-state index in [4.69, 9.17) is 4.42 Å². The molecule has 0 bridgehead atoms. The van der Waals surface area contributed by atoms with Gasteiger partial charge in [0.05, 0.1) is 17.6 Å². The number of thioether (sulfide) groups is 1. The first kappa shape index (κ1) is 20.3. The molecule has 1 saturated carbocycles. The van der Waals surface area contributed by atoms with E-state index < -0.39 is 0 Å². The number of amides is 1. The summed E-state index contributed by atoms with van der Waals surface area (Å²) in [5, 5.41) is 21.6. The summed E-state index contributed by atoms with van der Waals surface area (Å²) < 4.78 is 9.33. The summed E-state index contributed by atoms with van der Waals surface area (Å²) in [5.41, 5.74) is 2.54. The third kappa shape index (κ3) is 3.63. The lowest BCUT2D eigenvalue weighted by Crippen LogP contribution is -2.20. The van der Waals surface area contributed by atoms with Crippen LogP contribution in [0.1, 0.15) is 48.5 Å². The highest BCUT2D eigenvalue weighted by Crippen LogP contribution is 2.37. The second-order valence-electron chi connectivity index (χ2n) is 7.53. The molecule has 0 unspecified atom stereocenters. The molecular weight excluding hydrogens is 400 g/mol. The standard InChI is InChI=1S/C21H24N6O2S/c1-13-14(2)27(15-7-4-5-8-15)19(16(13)11-22)23-18(28)12-30-21-25-24-20(26(21)3)17-9-6-10-29-17/h6,9-10,15H,4-5,7-8,12H2,1-3H3,(H,23,28). The fraction of sp³-hybridized carbons (Fsp3) is 0.429. The van der Waals surface area contributed by atoms with Crippen LogP contribution >= 0.6 is 11.8 Å². The van der Waals surface area contributed by atoms with Crippen molar-refractivity contribution in [3.8, 4) is 17.7 Å². The average molecular weight is 425 g/mol. The summed E-state index contributed by atoms with van der Waals surface area (Å²) in [5.74, 6) is 1.86. The van der Waals surface area contributed by atoms with E-state index in [9.17, 15) is 10.1 Å². The summed E-state index contributed by atoms with van der Waals surface area (Å²) >= 11 is 1.30. The summed E-state index contributed by atoms with van der Waals surface area (Å²) in [6, 6.07) is 6.22. The van der Waals surface area contributed by atoms with Gasteiger partial charge in [-0.25, -0.2) is 0 Å². The number of anilines is 1. The Morgan fingerprint density at radius 2 is 2.13 bits per heavy atom. The van der Waals surface area contributed by atoms with E-state index in [0.29, 0.717) is 34.2 Å². The molecule has 8 nitrogen and oxygen atoms in total. The van der Waals surface area contributed by atoms with Gasteiger partial charge in [-0.2, -0.15) is 5.26 Å². The highest BCUT2D eigenvalue weighted by atomic mass is 32.2. The molecule has 0 radical (unpaired) electrons. The highest BCUT2D eigenvalue weighted by Gasteiger charge is 2.26. The zero-order valence-corrected chi connectivity index (χ0v) is 18.1. The first-order valence-electron chi connectivity index (χ1n) is 9.98. The van der Waals surface area contributed by atoms with Gasteiger partial charge in [0, 0.05) is 18.8 Å². The minimum absolute atomic E-state index is 0.170. The van der Waals surface area contributed by atoms with Crippen LogP contribution < -0.4 is 5.32 Å². The van der Waals surface area contributed by atoms with E-state index in [1.807, 2.05) is 27.0 Å². The van der Waals surface area contributed by atoms with Gasteiger partial charge in [-0.3, -0.25) is 4.79 Å². The van der Waals surface area contributed by atoms with Crippen molar-refractivity contribution in [2.75, 3.05) is 11.1 Å². The fourth-order valence-electron chi connectivity index (χ4n) is 4.06. The zero-order valence-electron chi connectivity index (χ0n) is 17.3. The van der Waals surface area contributed by atoms with Crippen LogP contribution in [-0.4, -0.2) is 31.0 Å². The number of rotatable bonds is 6. The maximum atomic E-state index is 12.8. The topological polar surface area (TPSA) is 102 Å². The van der Waals surface area contributed by atoms with Crippen LogP contribution in [0.2, 0.25) is 0 Å². The molecule has 1 aliphatic carbocycles. The van der Waals surface area contributed by atoms with E-state index in [0.717, 1.165) is 24.1 Å². The van der Waals surface area contributed by atoms with Crippen molar-refractivity contribution in [3.63, 3.8) is 0 Å². The van der Waals surface area contributed by atoms with E-state index >= 15 is 0 Å². The lowest BCUT2D eigenvalue weighted by atomic mass is 10.2. The minimum atomic E-state index is -0.171. The second-order valence-corrected chi connectivity index (χ2v) is 8.48. The number of hydrogen-bond acceptors (Lipinski definition) is 6. The summed E-state index contributed by atoms with van der Waals surface area (Å²) in [4.78, 5) is 12.8. The molecule has 0 spiro atoms. The molecule has 1 amide bonds. The molecule has 0 saturated heterocycles. The molecule has 9 heteroatoms. The third-order valence-corrected chi connectivity index (χ3v) is 6.75. The molecule has 156 valence electrons. The summed E-state index contributed by atoms with van der Waals surface area (Å²) in [7, 11) is 1.84. The monoisotopic (exact) mass is 424 g/mol. The molecule has 4 rings (SSSR count). The van der Waals surface area contributed by atoms with Gasteiger partial charge in [0.25, 0.3) is 0 Å². The van der Waals surface area contributed by atoms with Crippen LogP contribution in [0.3, 0.4) is 0 Å². The maximum absolute atomic E-state index is 12.8. The third-order valence-electron chi connectivity index (χ3n) is 5.73. The van der Waals surface area contributed by atoms with Gasteiger partial charge in [0.1, 0.15) is 11.9 Å². The van der Waals surface area contributed by atoms with Crippen molar-refractivity contribution in [2.45, 2.75) is 50.7 Å². The van der Waals surface area contributed by atoms with E-state index in [1.54, 1.807) is 16.9 Å². The van der Waals surface area contributed by atoms with Crippen molar-refractivity contribution in [2.24, 2.45) is 7.05 Å². The normalized spacial score (nSPS) is 14.2. The van der Waals surface area contributed by atoms with Gasteiger partial charge < -0.3 is 18.9 Å². The molecule has 0 aromatic carbocycles. The minimum Gasteiger partial charge on any atom is -0.461 e. The Morgan fingerprint density at radius 1 is 1.37 bits per heavy atom. The first-order chi connectivity index (χ1) is 14.5. The number of carbonyl (C=O) groups excluding carboxylic acids is 1. The molecule has 1 N–H and O–H groups in total. The molecular formula is C21H24N6O2S. The molecule has 3 aromatic heterocycles. The lowest BCUT2D eigenvalue weighted by molar-refractivity contribution is -0.113. The van der Waals surface area contributed by atoms with E-state index in [-0.39, 0.29) is 11.7 Å². The Labute approximate surface area is 179 Å². The summed E-state index contributed by atoms with van der Waals surface area (Å²) in [6.07, 6.45) is 6.09. The summed E-state index contributed by atoms with van der Waals surface area (Å²) in [6.45, 7) is 3.97. The number of nitriles is 1. The SMILES string of the molecule is Cc1c(C#N)c(NC(=O)CSc2nnc(-c3ccco3)n2C)n(C2CCCC2)c1C. The lowest BCUT2D eigenvalue weighted by Gasteiger charge is -2.19. The number of nitrogens with one attached hydrogen (secondary N) is 1. The van der Waals surface area contributed by atoms with E-state index in [2.05, 4.69) is 26.2 Å². The fourth-order valence-corrected chi connectivity index (χ4v) is 4.78. The van der Waals surface area contributed by atoms with Crippen molar-refractivity contribution in [1.29, 1.82) is 5.26 Å². The smallest absolute Gasteiger partial charge is 0.235 e. The molecule has 0 atom stereocenters. The Balaban J connectivity index is 1.50. The quantitative estimate of drug-likeness (QED) is 0.595. The van der Waals surface area contributed by atoms with Gasteiger partial charge in [0.15, 0.2) is 16.7 Å². The second kappa shape index (κ2) is 8.40. The van der Waals surface area contributed by atoms with Gasteiger partial charge in [-0.05, 0) is 44.4 Å². The average Bonchev–Trinajstić information content (AvgIpc) is 3.51. The Morgan fingerprint density at radius 3 is 2.80 bits per heavy atom. The molecule has 3 heterocycles. The Bertz CT molecular complexity index is 1100. The molecule has 1 aliphatic rings. The Hall–Kier alpha value is -2.99. The number of furan rings is 1. The molecule has 0 aliphatic heterocycles. The van der Waals surface area contributed by atoms with Crippen molar-refractivity contribution in [1.82, 2.24) is 19.3 Å². The predicted octanol–water partition coefficient (Wildman–Crippen LogP) is 4.21. The van der Waals surface area contributed by atoms with Gasteiger partial charge in [-0.1, -0.05) is 24.6 Å². The van der Waals surface area contributed by atoms with Gasteiger partial charge >= 0.3 is 0 Å². The number of carbonyl (C=O) groups is 1. The van der Waals surface area contributed by atoms with Crippen molar-refractivity contribution < 1.29 is 9.21 Å². The molecule has 1 fully saturated rings. The van der Waals surface area contributed by atoms with Crippen LogP contribution in [-0.2, 0) is 11.8 Å². The number of nitrogens with zero attached hydrogens (tertiary/aromatic N) is 5. The number of hydrogen-bond donors (Lipinski definition) is 1. The largest absolute Gasteiger partial charge is 0.461 e. The van der Waals surface area contributed by atoms with E-state index in [1.165, 1.54) is 24.6 Å². The Kier molecular flexibility index (Phi) is 5.68. The maximum Gasteiger partial charge on any atom is 0.235 e. The van der Waals surface area contributed by atoms with Crippen LogP contribution in [0.25, 0.3) is 11.6 Å².